The van der Waals surface area contributed by atoms with Crippen LogP contribution in [0.4, 0.5) is 0 Å². The average molecular weight is 435 g/mol. The van der Waals surface area contributed by atoms with Crippen molar-refractivity contribution < 1.29 is 5.11 Å². The van der Waals surface area contributed by atoms with E-state index in [1.165, 1.54) is 0 Å². The normalized spacial score (nSPS) is 16.8. The van der Waals surface area contributed by atoms with E-state index in [0.29, 0.717) is 10.9 Å². The van der Waals surface area contributed by atoms with Crippen molar-refractivity contribution in [2.45, 2.75) is 26.3 Å². The van der Waals surface area contributed by atoms with Crippen molar-refractivity contribution in [2.24, 2.45) is 5.92 Å². The SMILES string of the molecule is CC(C)C[C@@H](c1cc(Br)cc(Cl)c1O)N1CCNCC1.Cl.Cl. The predicted octanol–water partition coefficient (Wildman–Crippen LogP) is 4.64. The number of hydrogen-bond acceptors (Lipinski definition) is 3. The van der Waals surface area contributed by atoms with E-state index in [4.69, 9.17) is 11.6 Å². The molecule has 3 nitrogen and oxygen atoms in total. The van der Waals surface area contributed by atoms with E-state index >= 15 is 0 Å². The first-order chi connectivity index (χ1) is 9.49. The van der Waals surface area contributed by atoms with Crippen LogP contribution in [0.1, 0.15) is 31.9 Å². The third-order valence-corrected chi connectivity index (χ3v) is 4.45. The fraction of sp³-hybridized carbons (Fsp3) is 0.600. The van der Waals surface area contributed by atoms with E-state index in [1.807, 2.05) is 6.07 Å². The van der Waals surface area contributed by atoms with Crippen molar-refractivity contribution in [1.82, 2.24) is 10.2 Å². The second-order valence-electron chi connectivity index (χ2n) is 5.76. The van der Waals surface area contributed by atoms with Crippen LogP contribution in [0.15, 0.2) is 16.6 Å². The Morgan fingerprint density at radius 1 is 1.27 bits per heavy atom. The van der Waals surface area contributed by atoms with Crippen LogP contribution in [-0.4, -0.2) is 36.2 Å². The number of rotatable bonds is 4. The van der Waals surface area contributed by atoms with Gasteiger partial charge >= 0.3 is 0 Å². The summed E-state index contributed by atoms with van der Waals surface area (Å²) in [6.07, 6.45) is 1.01. The van der Waals surface area contributed by atoms with E-state index in [1.54, 1.807) is 6.07 Å². The third-order valence-electron chi connectivity index (χ3n) is 3.70. The first-order valence-corrected chi connectivity index (χ1v) is 8.28. The van der Waals surface area contributed by atoms with E-state index in [2.05, 4.69) is 40.0 Å². The first kappa shape index (κ1) is 22.3. The lowest BCUT2D eigenvalue weighted by Gasteiger charge is -2.36. The monoisotopic (exact) mass is 432 g/mol. The van der Waals surface area contributed by atoms with Gasteiger partial charge in [-0.3, -0.25) is 4.90 Å². The molecule has 1 atom stereocenters. The summed E-state index contributed by atoms with van der Waals surface area (Å²) in [4.78, 5) is 2.44. The summed E-state index contributed by atoms with van der Waals surface area (Å²) >= 11 is 9.61. The van der Waals surface area contributed by atoms with E-state index in [-0.39, 0.29) is 36.6 Å². The zero-order valence-corrected chi connectivity index (χ0v) is 16.8. The van der Waals surface area contributed by atoms with E-state index in [0.717, 1.165) is 42.6 Å². The molecule has 0 aliphatic carbocycles. The molecule has 0 radical (unpaired) electrons. The molecule has 0 saturated carbocycles. The smallest absolute Gasteiger partial charge is 0.139 e. The van der Waals surface area contributed by atoms with Gasteiger partial charge in [0.2, 0.25) is 0 Å². The Hall–Kier alpha value is 0.290. The highest BCUT2D eigenvalue weighted by Crippen LogP contribution is 2.39. The molecule has 128 valence electrons. The lowest BCUT2D eigenvalue weighted by Crippen LogP contribution is -2.45. The average Bonchev–Trinajstić information content (AvgIpc) is 2.41. The van der Waals surface area contributed by atoms with Crippen molar-refractivity contribution in [1.29, 1.82) is 0 Å². The molecule has 1 aliphatic heterocycles. The number of phenolic OH excluding ortho intramolecular Hbond substituents is 1. The molecule has 1 aromatic rings. The molecule has 0 bridgehead atoms. The second-order valence-corrected chi connectivity index (χ2v) is 7.08. The number of aromatic hydroxyl groups is 1. The van der Waals surface area contributed by atoms with Crippen LogP contribution in [0.3, 0.4) is 0 Å². The molecular weight excluding hydrogens is 410 g/mol. The number of phenols is 1. The standard InChI is InChI=1S/C15H22BrClN2O.2ClH/c1-10(2)7-14(19-5-3-18-4-6-19)12-8-11(16)9-13(17)15(12)20;;/h8-10,14,18,20H,3-7H2,1-2H3;2*1H/t14-;;/m0../s1. The summed E-state index contributed by atoms with van der Waals surface area (Å²) in [5.74, 6) is 0.783. The highest BCUT2D eigenvalue weighted by Gasteiger charge is 2.26. The summed E-state index contributed by atoms with van der Waals surface area (Å²) < 4.78 is 0.916. The van der Waals surface area contributed by atoms with E-state index in [9.17, 15) is 5.11 Å². The van der Waals surface area contributed by atoms with Gasteiger partial charge in [0, 0.05) is 42.3 Å². The predicted molar refractivity (Wildman–Crippen MR) is 102 cm³/mol. The second kappa shape index (κ2) is 10.2. The highest BCUT2D eigenvalue weighted by atomic mass is 79.9. The molecule has 1 saturated heterocycles. The first-order valence-electron chi connectivity index (χ1n) is 7.11. The Morgan fingerprint density at radius 2 is 1.86 bits per heavy atom. The molecule has 1 aromatic carbocycles. The van der Waals surface area contributed by atoms with Gasteiger partial charge in [0.25, 0.3) is 0 Å². The van der Waals surface area contributed by atoms with Crippen LogP contribution in [0.25, 0.3) is 0 Å². The van der Waals surface area contributed by atoms with Crippen molar-refractivity contribution in [3.63, 3.8) is 0 Å². The molecule has 22 heavy (non-hydrogen) atoms. The van der Waals surface area contributed by atoms with Crippen LogP contribution in [0.5, 0.6) is 5.75 Å². The molecule has 1 aliphatic rings. The Labute approximate surface area is 158 Å². The van der Waals surface area contributed by atoms with Crippen molar-refractivity contribution >= 4 is 52.3 Å². The quantitative estimate of drug-likeness (QED) is 0.724. The zero-order chi connectivity index (χ0) is 14.7. The third kappa shape index (κ3) is 5.73. The topological polar surface area (TPSA) is 35.5 Å². The van der Waals surface area contributed by atoms with Crippen LogP contribution in [0, 0.1) is 5.92 Å². The van der Waals surface area contributed by atoms with Crippen molar-refractivity contribution in [3.8, 4) is 5.75 Å². The van der Waals surface area contributed by atoms with Gasteiger partial charge in [0.05, 0.1) is 5.02 Å². The minimum absolute atomic E-state index is 0. The van der Waals surface area contributed by atoms with Gasteiger partial charge in [-0.2, -0.15) is 0 Å². The number of piperazine rings is 1. The maximum Gasteiger partial charge on any atom is 0.139 e. The minimum atomic E-state index is 0. The maximum atomic E-state index is 10.3. The molecule has 1 heterocycles. The summed E-state index contributed by atoms with van der Waals surface area (Å²) in [5, 5.41) is 14.1. The number of nitrogens with zero attached hydrogens (tertiary/aromatic N) is 1. The van der Waals surface area contributed by atoms with Gasteiger partial charge in [-0.05, 0) is 24.5 Å². The van der Waals surface area contributed by atoms with E-state index < -0.39 is 0 Å². The Morgan fingerprint density at radius 3 is 2.41 bits per heavy atom. The Balaban J connectivity index is 0.00000220. The van der Waals surface area contributed by atoms with Crippen LogP contribution in [0.2, 0.25) is 5.02 Å². The largest absolute Gasteiger partial charge is 0.506 e. The van der Waals surface area contributed by atoms with Gasteiger partial charge in [-0.25, -0.2) is 0 Å². The highest BCUT2D eigenvalue weighted by molar-refractivity contribution is 9.10. The molecular formula is C15H24BrCl3N2O. The van der Waals surface area contributed by atoms with Gasteiger partial charge in [-0.1, -0.05) is 41.4 Å². The maximum absolute atomic E-state index is 10.3. The van der Waals surface area contributed by atoms with Crippen LogP contribution in [-0.2, 0) is 0 Å². The van der Waals surface area contributed by atoms with Gasteiger partial charge in [0.1, 0.15) is 5.75 Å². The lowest BCUT2D eigenvalue weighted by atomic mass is 9.94. The van der Waals surface area contributed by atoms with Gasteiger partial charge in [0.15, 0.2) is 0 Å². The summed E-state index contributed by atoms with van der Waals surface area (Å²) in [7, 11) is 0. The fourth-order valence-electron chi connectivity index (χ4n) is 2.75. The Kier molecular flexibility index (Phi) is 10.4. The molecule has 2 rings (SSSR count). The number of halogens is 4. The summed E-state index contributed by atoms with van der Waals surface area (Å²) in [5.41, 5.74) is 0.931. The molecule has 0 unspecified atom stereocenters. The molecule has 7 heteroatoms. The number of nitrogens with one attached hydrogen (secondary N) is 1. The van der Waals surface area contributed by atoms with Crippen molar-refractivity contribution in [3.05, 3.63) is 27.2 Å². The minimum Gasteiger partial charge on any atom is -0.506 e. The lowest BCUT2D eigenvalue weighted by molar-refractivity contribution is 0.151. The molecule has 1 fully saturated rings. The van der Waals surface area contributed by atoms with Crippen LogP contribution < -0.4 is 5.32 Å². The summed E-state index contributed by atoms with van der Waals surface area (Å²) in [6, 6.07) is 3.95. The molecule has 0 spiro atoms. The van der Waals surface area contributed by atoms with Gasteiger partial charge in [-0.15, -0.1) is 24.8 Å². The summed E-state index contributed by atoms with van der Waals surface area (Å²) in [6.45, 7) is 8.42. The van der Waals surface area contributed by atoms with Crippen molar-refractivity contribution in [2.75, 3.05) is 26.2 Å². The molecule has 0 amide bonds. The zero-order valence-electron chi connectivity index (χ0n) is 12.8. The Bertz CT molecular complexity index is 468. The number of benzene rings is 1. The van der Waals surface area contributed by atoms with Crippen LogP contribution >= 0.6 is 52.3 Å². The van der Waals surface area contributed by atoms with Gasteiger partial charge < -0.3 is 10.4 Å². The fourth-order valence-corrected chi connectivity index (χ4v) is 3.59. The molecule has 2 N–H and O–H groups in total. The molecule has 0 aromatic heterocycles. The number of hydrogen-bond donors (Lipinski definition) is 2.